The molecule has 180 valence electrons. The van der Waals surface area contributed by atoms with E-state index in [0.29, 0.717) is 24.5 Å². The Morgan fingerprint density at radius 3 is 2.47 bits per heavy atom. The number of hydrogen-bond donors (Lipinski definition) is 1. The van der Waals surface area contributed by atoms with Gasteiger partial charge in [-0.3, -0.25) is 9.80 Å². The first-order chi connectivity index (χ1) is 15.4. The lowest BCUT2D eigenvalue weighted by Gasteiger charge is -2.44. The number of nitrogens with zero attached hydrogens (tertiary/aromatic N) is 4. The fourth-order valence-corrected chi connectivity index (χ4v) is 5.76. The Morgan fingerprint density at radius 1 is 1.06 bits per heavy atom. The number of ether oxygens (including phenoxy) is 2. The van der Waals surface area contributed by atoms with Crippen LogP contribution in [0.5, 0.6) is 11.5 Å². The van der Waals surface area contributed by atoms with Gasteiger partial charge >= 0.3 is 0 Å². The maximum atomic E-state index is 11.0. The predicted octanol–water partition coefficient (Wildman–Crippen LogP) is 1.45. The molecule has 1 saturated carbocycles. The van der Waals surface area contributed by atoms with Crippen molar-refractivity contribution < 1.29 is 14.6 Å². The number of likely N-dealkylation sites (N-methyl/N-ethyl adjacent to an activating group) is 2. The number of hydrogen-bond acceptors (Lipinski definition) is 7. The Labute approximate surface area is 193 Å². The highest BCUT2D eigenvalue weighted by atomic mass is 16.5. The molecule has 0 spiro atoms. The average Bonchev–Trinajstić information content (AvgIpc) is 3.15. The molecule has 2 aliphatic heterocycles. The van der Waals surface area contributed by atoms with Gasteiger partial charge in [-0.05, 0) is 51.9 Å². The van der Waals surface area contributed by atoms with Crippen molar-refractivity contribution in [2.45, 2.75) is 31.5 Å². The SMILES string of the molecule is COc1cccc(CN2C[C@H]3C[C@@H](N4CCN(C)CC4)[C@H](O)C[C@H]3C2)c1OCCN(C)C. The van der Waals surface area contributed by atoms with Crippen LogP contribution in [0.25, 0.3) is 0 Å². The Kier molecular flexibility index (Phi) is 7.95. The number of likely N-dealkylation sites (tertiary alicyclic amines) is 1. The lowest BCUT2D eigenvalue weighted by Crippen LogP contribution is -2.55. The number of piperazine rings is 1. The summed E-state index contributed by atoms with van der Waals surface area (Å²) >= 11 is 0. The van der Waals surface area contributed by atoms with Crippen molar-refractivity contribution >= 4 is 0 Å². The van der Waals surface area contributed by atoms with Crippen LogP contribution in [0, 0.1) is 11.8 Å². The highest BCUT2D eigenvalue weighted by Crippen LogP contribution is 2.40. The van der Waals surface area contributed by atoms with Crippen LogP contribution in [0.3, 0.4) is 0 Å². The van der Waals surface area contributed by atoms with E-state index in [-0.39, 0.29) is 6.10 Å². The van der Waals surface area contributed by atoms with Gasteiger partial charge in [-0.15, -0.1) is 0 Å². The molecule has 32 heavy (non-hydrogen) atoms. The molecule has 4 atom stereocenters. The summed E-state index contributed by atoms with van der Waals surface area (Å²) in [6.07, 6.45) is 1.86. The number of rotatable bonds is 8. The zero-order valence-corrected chi connectivity index (χ0v) is 20.4. The van der Waals surface area contributed by atoms with E-state index in [4.69, 9.17) is 9.47 Å². The number of benzene rings is 1. The largest absolute Gasteiger partial charge is 0.493 e. The average molecular weight is 447 g/mol. The van der Waals surface area contributed by atoms with E-state index in [9.17, 15) is 5.11 Å². The smallest absolute Gasteiger partial charge is 0.165 e. The number of aliphatic hydroxyl groups is 1. The van der Waals surface area contributed by atoms with Crippen LogP contribution in [0.1, 0.15) is 18.4 Å². The number of fused-ring (bicyclic) bond motifs is 1. The van der Waals surface area contributed by atoms with Gasteiger partial charge in [0.2, 0.25) is 0 Å². The molecule has 0 radical (unpaired) electrons. The molecule has 1 aromatic rings. The van der Waals surface area contributed by atoms with E-state index in [2.05, 4.69) is 52.9 Å². The summed E-state index contributed by atoms with van der Waals surface area (Å²) in [4.78, 5) is 9.62. The fourth-order valence-electron chi connectivity index (χ4n) is 5.76. The molecular weight excluding hydrogens is 404 g/mol. The molecule has 0 unspecified atom stereocenters. The molecule has 0 amide bonds. The highest BCUT2D eigenvalue weighted by Gasteiger charge is 2.43. The molecule has 0 aromatic heterocycles. The predicted molar refractivity (Wildman–Crippen MR) is 127 cm³/mol. The van der Waals surface area contributed by atoms with E-state index in [1.54, 1.807) is 7.11 Å². The summed E-state index contributed by atoms with van der Waals surface area (Å²) < 4.78 is 11.8. The first-order valence-corrected chi connectivity index (χ1v) is 12.2. The third-order valence-electron chi connectivity index (χ3n) is 7.65. The van der Waals surface area contributed by atoms with Gasteiger partial charge < -0.3 is 24.4 Å². The van der Waals surface area contributed by atoms with Crippen molar-refractivity contribution in [1.82, 2.24) is 19.6 Å². The maximum Gasteiger partial charge on any atom is 0.165 e. The minimum Gasteiger partial charge on any atom is -0.493 e. The third-order valence-corrected chi connectivity index (χ3v) is 7.65. The van der Waals surface area contributed by atoms with Gasteiger partial charge in [0, 0.05) is 64.0 Å². The molecule has 3 fully saturated rings. The molecule has 3 aliphatic rings. The molecule has 2 heterocycles. The monoisotopic (exact) mass is 446 g/mol. The summed E-state index contributed by atoms with van der Waals surface area (Å²) in [6, 6.07) is 6.53. The summed E-state index contributed by atoms with van der Waals surface area (Å²) in [5.41, 5.74) is 1.19. The van der Waals surface area contributed by atoms with Crippen LogP contribution in [-0.4, -0.2) is 118 Å². The number of methoxy groups -OCH3 is 1. The Hall–Kier alpha value is -1.38. The number of para-hydroxylation sites is 1. The fraction of sp³-hybridized carbons (Fsp3) is 0.760. The van der Waals surface area contributed by atoms with E-state index in [0.717, 1.165) is 76.7 Å². The highest BCUT2D eigenvalue weighted by molar-refractivity contribution is 5.46. The van der Waals surface area contributed by atoms with Crippen LogP contribution in [0.15, 0.2) is 18.2 Å². The molecule has 1 aliphatic carbocycles. The lowest BCUT2D eigenvalue weighted by molar-refractivity contribution is -0.0249. The molecular formula is C25H42N4O3. The van der Waals surface area contributed by atoms with Gasteiger partial charge in [0.05, 0.1) is 13.2 Å². The third kappa shape index (κ3) is 5.57. The van der Waals surface area contributed by atoms with Crippen molar-refractivity contribution in [3.8, 4) is 11.5 Å². The molecule has 1 aromatic carbocycles. The molecule has 1 N–H and O–H groups in total. The van der Waals surface area contributed by atoms with Gasteiger partial charge in [-0.1, -0.05) is 12.1 Å². The molecule has 0 bridgehead atoms. The summed E-state index contributed by atoms with van der Waals surface area (Å²) in [6.45, 7) is 8.93. The quantitative estimate of drug-likeness (QED) is 0.649. The Morgan fingerprint density at radius 2 is 1.78 bits per heavy atom. The lowest BCUT2D eigenvalue weighted by atomic mass is 9.77. The second-order valence-corrected chi connectivity index (χ2v) is 10.3. The van der Waals surface area contributed by atoms with Crippen LogP contribution < -0.4 is 9.47 Å². The van der Waals surface area contributed by atoms with Gasteiger partial charge in [0.25, 0.3) is 0 Å². The minimum atomic E-state index is -0.193. The summed E-state index contributed by atoms with van der Waals surface area (Å²) in [5.74, 6) is 2.95. The van der Waals surface area contributed by atoms with E-state index in [1.807, 2.05) is 6.07 Å². The van der Waals surface area contributed by atoms with Gasteiger partial charge in [0.15, 0.2) is 11.5 Å². The summed E-state index contributed by atoms with van der Waals surface area (Å²) in [5, 5.41) is 11.0. The van der Waals surface area contributed by atoms with Gasteiger partial charge in [-0.2, -0.15) is 0 Å². The topological polar surface area (TPSA) is 51.7 Å². The second kappa shape index (κ2) is 10.7. The first-order valence-electron chi connectivity index (χ1n) is 12.2. The number of aliphatic hydroxyl groups excluding tert-OH is 1. The zero-order chi connectivity index (χ0) is 22.7. The van der Waals surface area contributed by atoms with Crippen molar-refractivity contribution in [2.24, 2.45) is 11.8 Å². The summed E-state index contributed by atoms with van der Waals surface area (Å²) in [7, 11) is 8.02. The minimum absolute atomic E-state index is 0.193. The van der Waals surface area contributed by atoms with E-state index in [1.165, 1.54) is 5.56 Å². The molecule has 4 rings (SSSR count). The van der Waals surface area contributed by atoms with Crippen molar-refractivity contribution in [3.05, 3.63) is 23.8 Å². The van der Waals surface area contributed by atoms with Crippen molar-refractivity contribution in [1.29, 1.82) is 0 Å². The second-order valence-electron chi connectivity index (χ2n) is 10.3. The first kappa shape index (κ1) is 23.8. The Bertz CT molecular complexity index is 738. The van der Waals surface area contributed by atoms with E-state index >= 15 is 0 Å². The van der Waals surface area contributed by atoms with Crippen molar-refractivity contribution in [3.63, 3.8) is 0 Å². The van der Waals surface area contributed by atoms with Crippen LogP contribution in [0.2, 0.25) is 0 Å². The van der Waals surface area contributed by atoms with Crippen LogP contribution in [-0.2, 0) is 6.54 Å². The van der Waals surface area contributed by atoms with E-state index < -0.39 is 0 Å². The zero-order valence-electron chi connectivity index (χ0n) is 20.4. The van der Waals surface area contributed by atoms with Gasteiger partial charge in [-0.25, -0.2) is 0 Å². The molecule has 2 saturated heterocycles. The normalized spacial score (nSPS) is 29.9. The van der Waals surface area contributed by atoms with Gasteiger partial charge in [0.1, 0.15) is 6.61 Å². The van der Waals surface area contributed by atoms with Crippen LogP contribution >= 0.6 is 0 Å². The maximum absolute atomic E-state index is 11.0. The standard InChI is InChI=1S/C25H42N4O3/c1-26(2)12-13-32-25-19(6-5-7-24(25)31-4)16-28-17-20-14-22(23(30)15-21(20)18-28)29-10-8-27(3)9-11-29/h5-7,20-23,30H,8-18H2,1-4H3/t20-,21+,22-,23-/m1/s1. The van der Waals surface area contributed by atoms with Crippen LogP contribution in [0.4, 0.5) is 0 Å². The molecule has 7 nitrogen and oxygen atoms in total. The Balaban J connectivity index is 1.39. The van der Waals surface area contributed by atoms with Crippen molar-refractivity contribution in [2.75, 3.05) is 80.7 Å². The molecule has 7 heteroatoms.